The van der Waals surface area contributed by atoms with Crippen LogP contribution >= 0.6 is 11.8 Å². The number of ether oxygens (including phenoxy) is 3. The van der Waals surface area contributed by atoms with Crippen molar-refractivity contribution in [1.29, 1.82) is 0 Å². The number of carbonyl (C=O) groups excluding carboxylic acids is 4. The molecule has 4 rings (SSSR count). The van der Waals surface area contributed by atoms with Crippen LogP contribution in [0.25, 0.3) is 11.0 Å². The molecule has 0 spiro atoms. The minimum absolute atomic E-state index is 0.0377. The van der Waals surface area contributed by atoms with Gasteiger partial charge in [-0.2, -0.15) is 5.10 Å². The molecule has 242 valence electrons. The fraction of sp³-hybridized carbons (Fsp3) is 0.710. The summed E-state index contributed by atoms with van der Waals surface area (Å²) in [6.07, 6.45) is 3.20. The molecule has 2 aromatic rings. The van der Waals surface area contributed by atoms with Crippen molar-refractivity contribution in [2.24, 2.45) is 29.6 Å². The average Bonchev–Trinajstić information content (AvgIpc) is 3.52. The van der Waals surface area contributed by atoms with Crippen molar-refractivity contribution in [3.63, 3.8) is 0 Å². The molecule has 0 bridgehead atoms. The van der Waals surface area contributed by atoms with E-state index in [4.69, 9.17) is 19.9 Å². The van der Waals surface area contributed by atoms with Crippen LogP contribution in [0.15, 0.2) is 12.5 Å². The lowest BCUT2D eigenvalue weighted by Crippen LogP contribution is -2.53. The summed E-state index contributed by atoms with van der Waals surface area (Å²) in [6, 6.07) is 0. The van der Waals surface area contributed by atoms with Gasteiger partial charge in [0.1, 0.15) is 41.0 Å². The number of esters is 2. The number of carbonyl (C=O) groups is 4. The van der Waals surface area contributed by atoms with Gasteiger partial charge in [-0.3, -0.25) is 19.2 Å². The number of ketones is 2. The number of fused-ring (bicyclic) bond motifs is 2. The third-order valence-corrected chi connectivity index (χ3v) is 10.8. The quantitative estimate of drug-likeness (QED) is 0.364. The lowest BCUT2D eigenvalue weighted by atomic mass is 9.70. The number of hydrogen-bond donors (Lipinski definition) is 1. The van der Waals surface area contributed by atoms with E-state index in [1.807, 2.05) is 27.7 Å². The van der Waals surface area contributed by atoms with Gasteiger partial charge in [0, 0.05) is 36.5 Å². The number of hydrogen-bond acceptors (Lipinski definition) is 12. The Morgan fingerprint density at radius 3 is 2.34 bits per heavy atom. The van der Waals surface area contributed by atoms with Crippen LogP contribution in [-0.2, 0) is 39.9 Å². The molecule has 9 unspecified atom stereocenters. The maximum absolute atomic E-state index is 14.1. The van der Waals surface area contributed by atoms with Gasteiger partial charge >= 0.3 is 11.9 Å². The van der Waals surface area contributed by atoms with E-state index in [2.05, 4.69) is 15.1 Å². The van der Waals surface area contributed by atoms with E-state index >= 15 is 0 Å². The fourth-order valence-corrected chi connectivity index (χ4v) is 8.53. The second kappa shape index (κ2) is 13.1. The maximum Gasteiger partial charge on any atom is 0.320 e. The Morgan fingerprint density at radius 1 is 1.05 bits per heavy atom. The number of nitrogens with zero attached hydrogens (tertiary/aromatic N) is 4. The molecule has 0 radical (unpaired) electrons. The number of nitrogen functional groups attached to an aromatic ring is 1. The van der Waals surface area contributed by atoms with Gasteiger partial charge in [0.15, 0.2) is 11.2 Å². The second-order valence-corrected chi connectivity index (χ2v) is 14.0. The first-order valence-electron chi connectivity index (χ1n) is 15.3. The van der Waals surface area contributed by atoms with Gasteiger partial charge in [-0.1, -0.05) is 27.7 Å². The summed E-state index contributed by atoms with van der Waals surface area (Å²) >= 11 is 1.38. The van der Waals surface area contributed by atoms with E-state index in [0.29, 0.717) is 48.4 Å². The molecule has 9 atom stereocenters. The molecule has 2 fully saturated rings. The molecule has 0 aromatic carbocycles. The molecule has 2 aliphatic rings. The number of rotatable bonds is 6. The first-order chi connectivity index (χ1) is 20.7. The molecule has 13 heteroatoms. The van der Waals surface area contributed by atoms with Gasteiger partial charge in [0.25, 0.3) is 0 Å². The first-order valence-corrected chi connectivity index (χ1v) is 16.3. The van der Waals surface area contributed by atoms with Crippen LogP contribution in [0, 0.1) is 29.6 Å². The number of Topliss-reactive ketones (excluding diaryl/α,β-unsaturated/α-hetero) is 2. The zero-order chi connectivity index (χ0) is 32.6. The van der Waals surface area contributed by atoms with Gasteiger partial charge in [-0.25, -0.2) is 14.6 Å². The molecule has 2 aliphatic heterocycles. The summed E-state index contributed by atoms with van der Waals surface area (Å²) in [5, 5.41) is 4.32. The van der Waals surface area contributed by atoms with E-state index in [0.717, 1.165) is 0 Å². The maximum atomic E-state index is 14.1. The Kier molecular flexibility index (Phi) is 10.1. The molecule has 0 amide bonds. The molecule has 0 aliphatic carbocycles. The highest BCUT2D eigenvalue weighted by Gasteiger charge is 2.61. The van der Waals surface area contributed by atoms with Crippen LogP contribution in [-0.4, -0.2) is 78.7 Å². The predicted molar refractivity (Wildman–Crippen MR) is 165 cm³/mol. The summed E-state index contributed by atoms with van der Waals surface area (Å²) in [5.41, 5.74) is 4.47. The van der Waals surface area contributed by atoms with E-state index < -0.39 is 64.1 Å². The number of cyclic esters (lactones) is 1. The molecule has 2 saturated heterocycles. The van der Waals surface area contributed by atoms with Gasteiger partial charge in [-0.15, -0.1) is 11.8 Å². The van der Waals surface area contributed by atoms with Crippen molar-refractivity contribution in [2.45, 2.75) is 96.8 Å². The normalized spacial score (nSPS) is 35.7. The Bertz CT molecular complexity index is 1420. The number of thioether (sulfide) groups is 1. The smallest absolute Gasteiger partial charge is 0.320 e. The third kappa shape index (κ3) is 6.35. The van der Waals surface area contributed by atoms with E-state index in [9.17, 15) is 19.2 Å². The van der Waals surface area contributed by atoms with E-state index in [1.54, 1.807) is 38.8 Å². The molecular formula is C31H45N5O7S. The molecule has 2 aromatic heterocycles. The van der Waals surface area contributed by atoms with Crippen molar-refractivity contribution < 1.29 is 33.4 Å². The topological polar surface area (TPSA) is 166 Å². The summed E-state index contributed by atoms with van der Waals surface area (Å²) < 4.78 is 19.6. The number of aryl methyl sites for hydroxylation is 1. The van der Waals surface area contributed by atoms with Crippen molar-refractivity contribution in [3.8, 4) is 0 Å². The molecule has 2 N–H and O–H groups in total. The molecule has 4 heterocycles. The van der Waals surface area contributed by atoms with Crippen LogP contribution < -0.4 is 5.73 Å². The van der Waals surface area contributed by atoms with Crippen LogP contribution in [0.3, 0.4) is 0 Å². The highest BCUT2D eigenvalue weighted by Crippen LogP contribution is 2.48. The average molecular weight is 632 g/mol. The van der Waals surface area contributed by atoms with Crippen LogP contribution in [0.5, 0.6) is 0 Å². The highest BCUT2D eigenvalue weighted by atomic mass is 32.2. The highest BCUT2D eigenvalue weighted by molar-refractivity contribution is 8.00. The van der Waals surface area contributed by atoms with Crippen molar-refractivity contribution in [1.82, 2.24) is 19.7 Å². The minimum Gasteiger partial charge on any atom is -0.458 e. The van der Waals surface area contributed by atoms with Crippen molar-refractivity contribution >= 4 is 52.1 Å². The molecule has 44 heavy (non-hydrogen) atoms. The van der Waals surface area contributed by atoms with Crippen LogP contribution in [0.4, 0.5) is 5.82 Å². The lowest BCUT2D eigenvalue weighted by Gasteiger charge is -2.41. The SMILES string of the molecule is CCC1OC(=O)C(C)C(=O)C(C)CC(C)(OC)CC(C)C(=O)C(C)C2C(SCCn3ncc4c(N)ncnc43)C(=O)OC12C. The van der Waals surface area contributed by atoms with Gasteiger partial charge in [-0.05, 0) is 40.0 Å². The Balaban J connectivity index is 1.68. The van der Waals surface area contributed by atoms with E-state index in [-0.39, 0.29) is 11.6 Å². The second-order valence-electron chi connectivity index (χ2n) is 12.8. The Labute approximate surface area is 262 Å². The Hall–Kier alpha value is -3.06. The van der Waals surface area contributed by atoms with Crippen molar-refractivity contribution in [2.75, 3.05) is 18.6 Å². The van der Waals surface area contributed by atoms with Crippen LogP contribution in [0.2, 0.25) is 0 Å². The number of anilines is 1. The van der Waals surface area contributed by atoms with Crippen LogP contribution in [0.1, 0.15) is 67.7 Å². The zero-order valence-electron chi connectivity index (χ0n) is 26.9. The fourth-order valence-electron chi connectivity index (χ4n) is 7.10. The number of methoxy groups -OCH3 is 1. The third-order valence-electron chi connectivity index (χ3n) is 9.58. The summed E-state index contributed by atoms with van der Waals surface area (Å²) in [6.45, 7) is 12.9. The van der Waals surface area contributed by atoms with Gasteiger partial charge < -0.3 is 19.9 Å². The summed E-state index contributed by atoms with van der Waals surface area (Å²) in [7, 11) is 1.57. The van der Waals surface area contributed by atoms with E-state index in [1.165, 1.54) is 18.1 Å². The minimum atomic E-state index is -1.29. The van der Waals surface area contributed by atoms with Gasteiger partial charge in [0.05, 0.1) is 23.7 Å². The molecule has 12 nitrogen and oxygen atoms in total. The standard InChI is InChI=1S/C31H45N5O7S/c1-9-21-31(7)22(25(29(40)43-31)44-11-10-36-27-20(14-35-36)26(32)33-15-34-27)18(4)23(37)16(2)12-30(6,41-8)13-17(3)24(38)19(5)28(39)42-21/h14-19,21-22,25H,9-13H2,1-8H3,(H2,32,33,34). The summed E-state index contributed by atoms with van der Waals surface area (Å²) in [5.74, 6) is -3.77. The molecular weight excluding hydrogens is 586 g/mol. The monoisotopic (exact) mass is 631 g/mol. The number of aromatic nitrogens is 4. The zero-order valence-corrected chi connectivity index (χ0v) is 27.7. The largest absolute Gasteiger partial charge is 0.458 e. The Morgan fingerprint density at radius 2 is 1.70 bits per heavy atom. The van der Waals surface area contributed by atoms with Crippen molar-refractivity contribution in [3.05, 3.63) is 12.5 Å². The number of nitrogens with two attached hydrogens (primary N) is 1. The first kappa shape index (κ1) is 33.8. The lowest BCUT2D eigenvalue weighted by molar-refractivity contribution is -0.183. The van der Waals surface area contributed by atoms with Gasteiger partial charge in [0.2, 0.25) is 0 Å². The molecule has 0 saturated carbocycles. The predicted octanol–water partition coefficient (Wildman–Crippen LogP) is 3.65. The summed E-state index contributed by atoms with van der Waals surface area (Å²) in [4.78, 5) is 62.7.